The Morgan fingerprint density at radius 1 is 0.857 bits per heavy atom. The van der Waals surface area contributed by atoms with Gasteiger partial charge in [-0.15, -0.1) is 0 Å². The number of carbonyl (C=O) groups is 1. The van der Waals surface area contributed by atoms with Gasteiger partial charge in [-0.3, -0.25) is 4.79 Å². The third-order valence-electron chi connectivity index (χ3n) is 13.3. The number of unbranched alkanes of at least 4 members (excludes halogenated alkanes) is 9. The summed E-state index contributed by atoms with van der Waals surface area (Å²) in [7, 11) is 1.73. The van der Waals surface area contributed by atoms with Gasteiger partial charge in [-0.1, -0.05) is 98.5 Å². The summed E-state index contributed by atoms with van der Waals surface area (Å²) in [6, 6.07) is 6.46. The number of rotatable bonds is 18. The van der Waals surface area contributed by atoms with Crippen molar-refractivity contribution in [2.24, 2.45) is 28.6 Å². The average Bonchev–Trinajstić information content (AvgIpc) is 3.39. The molecule has 0 aromatic heterocycles. The molecule has 6 nitrogen and oxygen atoms in total. The minimum Gasteiger partial charge on any atom is -0.497 e. The van der Waals surface area contributed by atoms with E-state index in [0.717, 1.165) is 108 Å². The number of amides is 1. The maximum atomic E-state index is 12.8. The molecule has 0 radical (unpaired) electrons. The minimum absolute atomic E-state index is 0.0273. The lowest BCUT2D eigenvalue weighted by atomic mass is 9.51. The zero-order chi connectivity index (χ0) is 35.1. The van der Waals surface area contributed by atoms with Gasteiger partial charge >= 0.3 is 0 Å². The molecule has 4 aliphatic rings. The summed E-state index contributed by atoms with van der Waals surface area (Å²) in [6.45, 7) is 14.7. The van der Waals surface area contributed by atoms with E-state index in [0.29, 0.717) is 30.1 Å². The van der Waals surface area contributed by atoms with Crippen LogP contribution in [0.25, 0.3) is 0 Å². The van der Waals surface area contributed by atoms with Crippen molar-refractivity contribution in [3.63, 3.8) is 0 Å². The van der Waals surface area contributed by atoms with Gasteiger partial charge in [0.25, 0.3) is 0 Å². The zero-order valence-electron chi connectivity index (χ0n) is 32.2. The summed E-state index contributed by atoms with van der Waals surface area (Å²) in [6.07, 6.45) is 19.7. The van der Waals surface area contributed by atoms with E-state index < -0.39 is 11.9 Å². The van der Waals surface area contributed by atoms with Gasteiger partial charge in [0.15, 0.2) is 5.79 Å². The number of hydrogen-bond donors (Lipinski definition) is 1. The van der Waals surface area contributed by atoms with Crippen LogP contribution in [0, 0.1) is 28.6 Å². The third-order valence-corrected chi connectivity index (χ3v) is 13.3. The molecule has 1 spiro atoms. The van der Waals surface area contributed by atoms with Gasteiger partial charge in [-0.2, -0.15) is 0 Å². The monoisotopic (exact) mass is 682 g/mol. The van der Waals surface area contributed by atoms with Crippen molar-refractivity contribution in [2.45, 2.75) is 168 Å². The Hall–Kier alpha value is -1.63. The first-order valence-electron chi connectivity index (χ1n) is 20.5. The van der Waals surface area contributed by atoms with Crippen molar-refractivity contribution in [1.29, 1.82) is 0 Å². The van der Waals surface area contributed by atoms with E-state index in [1.54, 1.807) is 7.11 Å². The molecule has 1 amide bonds. The van der Waals surface area contributed by atoms with E-state index in [9.17, 15) is 9.90 Å². The normalized spacial score (nSPS) is 29.7. The largest absolute Gasteiger partial charge is 0.497 e. The fourth-order valence-electron chi connectivity index (χ4n) is 10.3. The standard InChI is InChI=1S/C43H71NO5/c1-7-9-27-44(28-10-8-2)38(45)20-18-16-14-12-11-13-15-17-19-35-39-34(33-22-21-32(47-6)29-36(33)40(35)46)23-25-42(5)37(39)24-26-43(42)48-30-41(3,4)31-49-43/h21-22,29,34-35,37,39-40,46H,7-20,23-28,30-31H2,1-6H3/t34-,35+,37+,39+,40?,42+/m1/s1. The van der Waals surface area contributed by atoms with Gasteiger partial charge in [0.2, 0.25) is 5.91 Å². The van der Waals surface area contributed by atoms with Gasteiger partial charge in [-0.05, 0) is 91.9 Å². The molecule has 1 aromatic carbocycles. The van der Waals surface area contributed by atoms with Crippen LogP contribution in [-0.4, -0.2) is 55.1 Å². The van der Waals surface area contributed by atoms with Crippen LogP contribution in [0.15, 0.2) is 18.2 Å². The second kappa shape index (κ2) is 17.3. The molecule has 1 saturated heterocycles. The lowest BCUT2D eigenvalue weighted by molar-refractivity contribution is -0.346. The molecular formula is C43H71NO5. The predicted molar refractivity (Wildman–Crippen MR) is 199 cm³/mol. The van der Waals surface area contributed by atoms with Crippen LogP contribution in [-0.2, 0) is 14.3 Å². The highest BCUT2D eigenvalue weighted by Gasteiger charge is 2.66. The van der Waals surface area contributed by atoms with E-state index in [2.05, 4.69) is 57.7 Å². The number of methoxy groups -OCH3 is 1. The quantitative estimate of drug-likeness (QED) is 0.156. The highest BCUT2D eigenvalue weighted by Crippen LogP contribution is 2.68. The van der Waals surface area contributed by atoms with Crippen molar-refractivity contribution in [3.8, 4) is 5.75 Å². The van der Waals surface area contributed by atoms with Crippen molar-refractivity contribution in [1.82, 2.24) is 4.90 Å². The molecule has 49 heavy (non-hydrogen) atoms. The van der Waals surface area contributed by atoms with Crippen molar-refractivity contribution in [2.75, 3.05) is 33.4 Å². The van der Waals surface area contributed by atoms with Gasteiger partial charge in [0, 0.05) is 36.8 Å². The molecule has 1 heterocycles. The molecule has 1 aliphatic heterocycles. The molecule has 1 unspecified atom stereocenters. The lowest BCUT2D eigenvalue weighted by Gasteiger charge is -2.58. The molecule has 3 fully saturated rings. The smallest absolute Gasteiger partial charge is 0.222 e. The number of nitrogens with zero attached hydrogens (tertiary/aromatic N) is 1. The predicted octanol–water partition coefficient (Wildman–Crippen LogP) is 10.4. The van der Waals surface area contributed by atoms with E-state index in [1.165, 1.54) is 44.1 Å². The number of benzene rings is 1. The summed E-state index contributed by atoms with van der Waals surface area (Å²) in [5.74, 6) is 2.37. The number of ether oxygens (including phenoxy) is 3. The second-order valence-electron chi connectivity index (χ2n) is 17.3. The maximum absolute atomic E-state index is 12.8. The first-order chi connectivity index (χ1) is 23.6. The third kappa shape index (κ3) is 8.54. The van der Waals surface area contributed by atoms with E-state index >= 15 is 0 Å². The fourth-order valence-corrected chi connectivity index (χ4v) is 10.3. The second-order valence-corrected chi connectivity index (χ2v) is 17.3. The molecule has 278 valence electrons. The summed E-state index contributed by atoms with van der Waals surface area (Å²) < 4.78 is 19.1. The van der Waals surface area contributed by atoms with Gasteiger partial charge in [0.1, 0.15) is 5.75 Å². The van der Waals surface area contributed by atoms with Crippen molar-refractivity contribution >= 4 is 5.91 Å². The van der Waals surface area contributed by atoms with Crippen LogP contribution < -0.4 is 4.74 Å². The molecule has 6 heteroatoms. The zero-order valence-corrected chi connectivity index (χ0v) is 32.2. The number of aliphatic hydroxyl groups is 1. The Kier molecular flexibility index (Phi) is 13.6. The van der Waals surface area contributed by atoms with Gasteiger partial charge in [-0.25, -0.2) is 0 Å². The topological polar surface area (TPSA) is 68.2 Å². The summed E-state index contributed by atoms with van der Waals surface area (Å²) >= 11 is 0. The van der Waals surface area contributed by atoms with E-state index in [1.807, 2.05) is 0 Å². The fraction of sp³-hybridized carbons (Fsp3) is 0.837. The summed E-state index contributed by atoms with van der Waals surface area (Å²) in [5, 5.41) is 12.1. The molecule has 2 saturated carbocycles. The summed E-state index contributed by atoms with van der Waals surface area (Å²) in [5.41, 5.74) is 2.48. The Labute approximate surface area is 299 Å². The van der Waals surface area contributed by atoms with Crippen LogP contribution in [0.1, 0.15) is 173 Å². The number of carbonyl (C=O) groups excluding carboxylic acids is 1. The lowest BCUT2D eigenvalue weighted by Crippen LogP contribution is -2.58. The Morgan fingerprint density at radius 2 is 1.49 bits per heavy atom. The van der Waals surface area contributed by atoms with Gasteiger partial charge < -0.3 is 24.2 Å². The molecule has 1 N–H and O–H groups in total. The molecule has 0 bridgehead atoms. The van der Waals surface area contributed by atoms with Crippen molar-refractivity contribution in [3.05, 3.63) is 29.3 Å². The SMILES string of the molecule is CCCCN(CCCC)C(=O)CCCCCCCCCC[C@@H]1C(O)c2cc(OC)ccc2[C@H]2CC[C@@]3(C)[C@@H](CCC34OCC(C)(C)CO4)[C@@H]21. The maximum Gasteiger partial charge on any atom is 0.222 e. The highest BCUT2D eigenvalue weighted by molar-refractivity contribution is 5.76. The molecule has 6 atom stereocenters. The first-order valence-corrected chi connectivity index (χ1v) is 20.5. The molecular weight excluding hydrogens is 610 g/mol. The van der Waals surface area contributed by atoms with E-state index in [4.69, 9.17) is 14.2 Å². The number of hydrogen-bond acceptors (Lipinski definition) is 5. The Balaban J connectivity index is 1.13. The number of fused-ring (bicyclic) bond motifs is 6. The van der Waals surface area contributed by atoms with Gasteiger partial charge in [0.05, 0.1) is 26.4 Å². The molecule has 5 rings (SSSR count). The van der Waals surface area contributed by atoms with E-state index in [-0.39, 0.29) is 16.7 Å². The van der Waals surface area contributed by atoms with Crippen LogP contribution >= 0.6 is 0 Å². The highest BCUT2D eigenvalue weighted by atomic mass is 16.7. The van der Waals surface area contributed by atoms with Crippen LogP contribution in [0.3, 0.4) is 0 Å². The minimum atomic E-state index is -0.482. The summed E-state index contributed by atoms with van der Waals surface area (Å²) in [4.78, 5) is 14.9. The molecule has 1 aromatic rings. The Morgan fingerprint density at radius 3 is 2.12 bits per heavy atom. The van der Waals surface area contributed by atoms with Crippen molar-refractivity contribution < 1.29 is 24.1 Å². The average molecular weight is 682 g/mol. The van der Waals surface area contributed by atoms with Crippen LogP contribution in [0.4, 0.5) is 0 Å². The van der Waals surface area contributed by atoms with Crippen LogP contribution in [0.2, 0.25) is 0 Å². The molecule has 3 aliphatic carbocycles. The Bertz CT molecular complexity index is 1180. The first kappa shape index (κ1) is 38.6. The van der Waals surface area contributed by atoms with Crippen LogP contribution in [0.5, 0.6) is 5.75 Å². The number of aliphatic hydroxyl groups excluding tert-OH is 1.